The Balaban J connectivity index is 0. The van der Waals surface area contributed by atoms with Crippen LogP contribution in [0.15, 0.2) is 0 Å². The first-order valence-corrected chi connectivity index (χ1v) is 5.18. The number of rotatable bonds is 3. The van der Waals surface area contributed by atoms with E-state index in [1.165, 1.54) is 12.8 Å². The molecule has 0 aromatic carbocycles. The lowest BCUT2D eigenvalue weighted by molar-refractivity contribution is 0.318. The number of unbranched alkanes of at least 4 members (excludes halogenated alkanes) is 1. The summed E-state index contributed by atoms with van der Waals surface area (Å²) in [5.41, 5.74) is 0. The van der Waals surface area contributed by atoms with Gasteiger partial charge in [0.2, 0.25) is 0 Å². The van der Waals surface area contributed by atoms with E-state index in [9.17, 15) is 0 Å². The number of hydrogen-bond acceptors (Lipinski definition) is 2. The van der Waals surface area contributed by atoms with Gasteiger partial charge in [0.05, 0.1) is 0 Å². The zero-order chi connectivity index (χ0) is 7.54. The van der Waals surface area contributed by atoms with E-state index >= 15 is 0 Å². The molecule has 0 bridgehead atoms. The summed E-state index contributed by atoms with van der Waals surface area (Å²) >= 11 is 0. The molecule has 0 saturated carbocycles. The molecule has 0 aromatic heterocycles. The fraction of sp³-hybridized carbons (Fsp3) is 1.00. The molecule has 0 atom stereocenters. The Morgan fingerprint density at radius 1 is 1.33 bits per heavy atom. The molecular weight excluding hydrogens is 132 g/mol. The van der Waals surface area contributed by atoms with Crippen LogP contribution in [0.2, 0.25) is 6.04 Å². The topological polar surface area (TPSA) is 40.5 Å². The maximum atomic E-state index is 8.34. The van der Waals surface area contributed by atoms with Crippen LogP contribution >= 0.6 is 0 Å². The van der Waals surface area contributed by atoms with Crippen molar-refractivity contribution in [3.8, 4) is 0 Å². The van der Waals surface area contributed by atoms with Crippen molar-refractivity contribution >= 4 is 9.76 Å². The van der Waals surface area contributed by atoms with Crippen LogP contribution in [0.1, 0.15) is 26.7 Å². The van der Waals surface area contributed by atoms with Gasteiger partial charge in [-0.05, 0) is 13.0 Å². The van der Waals surface area contributed by atoms with Crippen LogP contribution in [0.4, 0.5) is 0 Å². The average molecular weight is 150 g/mol. The average Bonchev–Trinajstić information content (AvgIpc) is 1.86. The maximum absolute atomic E-state index is 8.34. The molecule has 0 saturated heterocycles. The zero-order valence-corrected chi connectivity index (χ0v) is 7.84. The van der Waals surface area contributed by atoms with Gasteiger partial charge in [0.15, 0.2) is 9.76 Å². The van der Waals surface area contributed by atoms with Crippen molar-refractivity contribution in [3.63, 3.8) is 0 Å². The lowest BCUT2D eigenvalue weighted by Gasteiger charge is -1.84. The third-order valence-corrected chi connectivity index (χ3v) is 1.58. The third kappa shape index (κ3) is 31.1. The summed E-state index contributed by atoms with van der Waals surface area (Å²) in [7, 11) is -0.597. The molecule has 0 heterocycles. The zero-order valence-electron chi connectivity index (χ0n) is 6.43. The van der Waals surface area contributed by atoms with Crippen molar-refractivity contribution in [2.75, 3.05) is 6.61 Å². The molecule has 0 radical (unpaired) electrons. The second kappa shape index (κ2) is 15.7. The quantitative estimate of drug-likeness (QED) is 0.448. The van der Waals surface area contributed by atoms with Gasteiger partial charge >= 0.3 is 0 Å². The molecular formula is C6H18O2Si. The molecule has 0 unspecified atom stereocenters. The predicted octanol–water partition coefficient (Wildman–Crippen LogP) is 0.279. The van der Waals surface area contributed by atoms with E-state index in [4.69, 9.17) is 9.90 Å². The molecule has 2 nitrogen and oxygen atoms in total. The van der Waals surface area contributed by atoms with Crippen molar-refractivity contribution in [1.82, 2.24) is 0 Å². The Hall–Kier alpha value is 0.137. The van der Waals surface area contributed by atoms with Crippen LogP contribution in [0.3, 0.4) is 0 Å². The van der Waals surface area contributed by atoms with Crippen LogP contribution in [-0.2, 0) is 0 Å². The van der Waals surface area contributed by atoms with Crippen LogP contribution in [0.25, 0.3) is 0 Å². The van der Waals surface area contributed by atoms with Crippen molar-refractivity contribution in [3.05, 3.63) is 0 Å². The minimum absolute atomic E-state index is 0.250. The first kappa shape index (κ1) is 11.9. The van der Waals surface area contributed by atoms with Gasteiger partial charge in [0.25, 0.3) is 0 Å². The smallest absolute Gasteiger partial charge is 0.156 e. The van der Waals surface area contributed by atoms with E-state index < -0.39 is 9.76 Å². The first-order valence-electron chi connectivity index (χ1n) is 3.55. The molecule has 3 heteroatoms. The van der Waals surface area contributed by atoms with Gasteiger partial charge in [0, 0.05) is 6.61 Å². The summed E-state index contributed by atoms with van der Waals surface area (Å²) in [4.78, 5) is 8.34. The normalized spacial score (nSPS) is 9.33. The van der Waals surface area contributed by atoms with Crippen molar-refractivity contribution in [2.24, 2.45) is 0 Å². The summed E-state index contributed by atoms with van der Waals surface area (Å²) in [6.07, 6.45) is 2.45. The molecule has 0 spiro atoms. The summed E-state index contributed by atoms with van der Waals surface area (Å²) in [5, 5.41) is 7.57. The van der Waals surface area contributed by atoms with E-state index in [0.717, 1.165) is 6.04 Å². The van der Waals surface area contributed by atoms with Crippen molar-refractivity contribution in [1.29, 1.82) is 0 Å². The van der Waals surface area contributed by atoms with Gasteiger partial charge in [-0.2, -0.15) is 0 Å². The van der Waals surface area contributed by atoms with Crippen LogP contribution in [-0.4, -0.2) is 26.3 Å². The van der Waals surface area contributed by atoms with Crippen molar-refractivity contribution in [2.45, 2.75) is 32.7 Å². The molecule has 0 amide bonds. The summed E-state index contributed by atoms with van der Waals surface area (Å²) < 4.78 is 0. The van der Waals surface area contributed by atoms with Crippen LogP contribution in [0.5, 0.6) is 0 Å². The highest BCUT2D eigenvalue weighted by Gasteiger charge is 1.78. The summed E-state index contributed by atoms with van der Waals surface area (Å²) in [5.74, 6) is 0. The summed E-state index contributed by atoms with van der Waals surface area (Å²) in [6.45, 7) is 4.07. The Bertz CT molecular complexity index is 30.2. The highest BCUT2D eigenvalue weighted by molar-refractivity contribution is 6.25. The van der Waals surface area contributed by atoms with E-state index in [0.29, 0.717) is 0 Å². The molecule has 0 rings (SSSR count). The molecule has 9 heavy (non-hydrogen) atoms. The predicted molar refractivity (Wildman–Crippen MR) is 43.2 cm³/mol. The molecule has 0 aliphatic carbocycles. The van der Waals surface area contributed by atoms with E-state index in [1.54, 1.807) is 6.92 Å². The Kier molecular flexibility index (Phi) is 20.7. The van der Waals surface area contributed by atoms with Gasteiger partial charge < -0.3 is 9.90 Å². The molecule has 0 fully saturated rings. The number of aliphatic hydroxyl groups excluding tert-OH is 1. The minimum atomic E-state index is -0.597. The lowest BCUT2D eigenvalue weighted by Crippen LogP contribution is -1.82. The van der Waals surface area contributed by atoms with Crippen molar-refractivity contribution < 1.29 is 9.90 Å². The molecule has 2 N–H and O–H groups in total. The Morgan fingerprint density at radius 2 is 1.78 bits per heavy atom. The minimum Gasteiger partial charge on any atom is -0.438 e. The van der Waals surface area contributed by atoms with Crippen LogP contribution < -0.4 is 0 Å². The number of aliphatic hydroxyl groups is 1. The third-order valence-electron chi connectivity index (χ3n) is 0.762. The second-order valence-corrected chi connectivity index (χ2v) is 2.90. The Morgan fingerprint density at radius 3 is 1.89 bits per heavy atom. The van der Waals surface area contributed by atoms with E-state index in [-0.39, 0.29) is 6.61 Å². The highest BCUT2D eigenvalue weighted by atomic mass is 28.2. The molecule has 58 valence electrons. The van der Waals surface area contributed by atoms with Gasteiger partial charge in [0.1, 0.15) is 0 Å². The second-order valence-electron chi connectivity index (χ2n) is 1.75. The largest absolute Gasteiger partial charge is 0.438 e. The molecule has 0 aliphatic heterocycles. The first-order chi connectivity index (χ1) is 4.33. The SMILES string of the molecule is CCCC[SiH2]O.CCO. The standard InChI is InChI=1S/C4H12OSi.C2H6O/c1-2-3-4-6-5;1-2-3/h5H,2-4,6H2,1H3;3H,2H2,1H3. The lowest BCUT2D eigenvalue weighted by atomic mass is 10.4. The van der Waals surface area contributed by atoms with Crippen LogP contribution in [0, 0.1) is 0 Å². The van der Waals surface area contributed by atoms with Gasteiger partial charge in [-0.25, -0.2) is 0 Å². The van der Waals surface area contributed by atoms with Gasteiger partial charge in [-0.3, -0.25) is 0 Å². The Labute approximate surface area is 59.9 Å². The van der Waals surface area contributed by atoms with Gasteiger partial charge in [-0.15, -0.1) is 0 Å². The number of hydrogen-bond donors (Lipinski definition) is 2. The maximum Gasteiger partial charge on any atom is 0.156 e. The highest BCUT2D eigenvalue weighted by Crippen LogP contribution is 1.89. The fourth-order valence-corrected chi connectivity index (χ4v) is 1.09. The summed E-state index contributed by atoms with van der Waals surface area (Å²) in [6, 6.07) is 1.11. The molecule has 0 aliphatic rings. The molecule has 0 aromatic rings. The van der Waals surface area contributed by atoms with E-state index in [2.05, 4.69) is 6.92 Å². The van der Waals surface area contributed by atoms with Gasteiger partial charge in [-0.1, -0.05) is 19.8 Å². The van der Waals surface area contributed by atoms with E-state index in [1.807, 2.05) is 0 Å². The fourth-order valence-electron chi connectivity index (χ4n) is 0.362. The monoisotopic (exact) mass is 150 g/mol.